The molecular formula is C21H29N3O4. The molecular weight excluding hydrogens is 358 g/mol. The lowest BCUT2D eigenvalue weighted by Crippen LogP contribution is -2.44. The average Bonchev–Trinajstić information content (AvgIpc) is 3.25. The second-order valence-corrected chi connectivity index (χ2v) is 7.32. The first-order valence-corrected chi connectivity index (χ1v) is 10.1. The zero-order valence-electron chi connectivity index (χ0n) is 16.4. The smallest absolute Gasteiger partial charge is 0.251 e. The van der Waals surface area contributed by atoms with Crippen LogP contribution in [0.1, 0.15) is 43.0 Å². The molecule has 0 saturated carbocycles. The molecule has 2 heterocycles. The van der Waals surface area contributed by atoms with Gasteiger partial charge in [-0.1, -0.05) is 25.1 Å². The molecule has 0 aromatic heterocycles. The molecule has 1 aromatic rings. The predicted octanol–water partition coefficient (Wildman–Crippen LogP) is 1.43. The topological polar surface area (TPSA) is 79.0 Å². The molecule has 2 saturated heterocycles. The zero-order valence-corrected chi connectivity index (χ0v) is 16.4. The fourth-order valence-electron chi connectivity index (χ4n) is 4.06. The summed E-state index contributed by atoms with van der Waals surface area (Å²) < 4.78 is 5.50. The van der Waals surface area contributed by atoms with Crippen molar-refractivity contribution in [2.24, 2.45) is 0 Å². The van der Waals surface area contributed by atoms with Gasteiger partial charge in [-0.15, -0.1) is 0 Å². The molecule has 2 fully saturated rings. The monoisotopic (exact) mass is 387 g/mol. The third-order valence-corrected chi connectivity index (χ3v) is 5.41. The minimum atomic E-state index is -0.263. The van der Waals surface area contributed by atoms with Gasteiger partial charge >= 0.3 is 0 Å². The van der Waals surface area contributed by atoms with Crippen molar-refractivity contribution >= 4 is 17.7 Å². The number of ether oxygens (including phenoxy) is 1. The van der Waals surface area contributed by atoms with E-state index >= 15 is 0 Å². The number of carbonyl (C=O) groups is 3. The molecule has 2 atom stereocenters. The van der Waals surface area contributed by atoms with Crippen molar-refractivity contribution in [2.45, 2.75) is 44.7 Å². The number of carbonyl (C=O) groups excluding carboxylic acids is 3. The standard InChI is InChI=1S/C21H29N3O4/c1-2-12-28-13-6-10-23-17-9-11-24(18(17)14-19(23)25)20(26)15-22-21(27)16-7-4-3-5-8-16/h3-5,7-8,17-18H,2,6,9-15H2,1H3,(H,22,27)/t17-,18-/m0/s1. The quantitative estimate of drug-likeness (QED) is 0.650. The van der Waals surface area contributed by atoms with Crippen molar-refractivity contribution in [2.75, 3.05) is 32.8 Å². The average molecular weight is 387 g/mol. The van der Waals surface area contributed by atoms with Crippen LogP contribution >= 0.6 is 0 Å². The van der Waals surface area contributed by atoms with E-state index < -0.39 is 0 Å². The number of likely N-dealkylation sites (tertiary alicyclic amines) is 2. The summed E-state index contributed by atoms with van der Waals surface area (Å²) in [6.45, 7) is 4.74. The SMILES string of the molecule is CCCOCCCN1C(=O)C[C@H]2[C@@H]1CCN2C(=O)CNC(=O)c1ccccc1. The minimum Gasteiger partial charge on any atom is -0.381 e. The van der Waals surface area contributed by atoms with E-state index in [1.807, 2.05) is 11.0 Å². The summed E-state index contributed by atoms with van der Waals surface area (Å²) in [4.78, 5) is 40.8. The predicted molar refractivity (Wildman–Crippen MR) is 105 cm³/mol. The van der Waals surface area contributed by atoms with Crippen LogP contribution in [0.4, 0.5) is 0 Å². The van der Waals surface area contributed by atoms with Crippen molar-refractivity contribution in [3.05, 3.63) is 35.9 Å². The highest BCUT2D eigenvalue weighted by atomic mass is 16.5. The molecule has 7 heteroatoms. The lowest BCUT2D eigenvalue weighted by atomic mass is 10.1. The van der Waals surface area contributed by atoms with Gasteiger partial charge in [-0.05, 0) is 31.4 Å². The van der Waals surface area contributed by atoms with Crippen LogP contribution in [0.25, 0.3) is 0 Å². The second-order valence-electron chi connectivity index (χ2n) is 7.32. The van der Waals surface area contributed by atoms with Gasteiger partial charge in [0.2, 0.25) is 11.8 Å². The number of hydrogen-bond acceptors (Lipinski definition) is 4. The molecule has 0 aliphatic carbocycles. The van der Waals surface area contributed by atoms with Gasteiger partial charge in [-0.3, -0.25) is 14.4 Å². The first-order valence-electron chi connectivity index (χ1n) is 10.1. The van der Waals surface area contributed by atoms with Gasteiger partial charge in [-0.25, -0.2) is 0 Å². The molecule has 1 N–H and O–H groups in total. The summed E-state index contributed by atoms with van der Waals surface area (Å²) in [5.41, 5.74) is 0.530. The lowest BCUT2D eigenvalue weighted by Gasteiger charge is -2.25. The number of rotatable bonds is 9. The van der Waals surface area contributed by atoms with E-state index in [2.05, 4.69) is 12.2 Å². The maximum absolute atomic E-state index is 12.6. The molecule has 0 bridgehead atoms. The third kappa shape index (κ3) is 4.70. The number of amides is 3. The molecule has 3 rings (SSSR count). The Balaban J connectivity index is 1.48. The van der Waals surface area contributed by atoms with E-state index in [0.717, 1.165) is 25.9 Å². The van der Waals surface area contributed by atoms with Crippen molar-refractivity contribution in [1.82, 2.24) is 15.1 Å². The Morgan fingerprint density at radius 1 is 1.18 bits per heavy atom. The van der Waals surface area contributed by atoms with Gasteiger partial charge in [0.25, 0.3) is 5.91 Å². The van der Waals surface area contributed by atoms with Crippen LogP contribution in [0.3, 0.4) is 0 Å². The van der Waals surface area contributed by atoms with E-state index in [4.69, 9.17) is 4.74 Å². The first kappa shape index (κ1) is 20.3. The lowest BCUT2D eigenvalue weighted by molar-refractivity contribution is -0.131. The summed E-state index contributed by atoms with van der Waals surface area (Å²) in [6, 6.07) is 8.84. The Morgan fingerprint density at radius 2 is 1.96 bits per heavy atom. The Bertz CT molecular complexity index is 694. The fraction of sp³-hybridized carbons (Fsp3) is 0.571. The highest BCUT2D eigenvalue weighted by Crippen LogP contribution is 2.32. The number of nitrogens with one attached hydrogen (secondary N) is 1. The summed E-state index contributed by atoms with van der Waals surface area (Å²) in [5.74, 6) is -0.282. The van der Waals surface area contributed by atoms with Crippen molar-refractivity contribution in [3.8, 4) is 0 Å². The summed E-state index contributed by atoms with van der Waals surface area (Å²) in [7, 11) is 0. The van der Waals surface area contributed by atoms with Crippen LogP contribution in [-0.2, 0) is 14.3 Å². The highest BCUT2D eigenvalue weighted by molar-refractivity contribution is 5.96. The van der Waals surface area contributed by atoms with Gasteiger partial charge in [0.05, 0.1) is 18.6 Å². The van der Waals surface area contributed by atoms with Gasteiger partial charge < -0.3 is 19.9 Å². The van der Waals surface area contributed by atoms with Crippen LogP contribution in [-0.4, -0.2) is 72.5 Å². The Kier molecular flexibility index (Phi) is 7.03. The molecule has 2 aliphatic heterocycles. The second kappa shape index (κ2) is 9.68. The number of benzene rings is 1. The largest absolute Gasteiger partial charge is 0.381 e. The van der Waals surface area contributed by atoms with Crippen LogP contribution in [0, 0.1) is 0 Å². The fourth-order valence-corrected chi connectivity index (χ4v) is 4.06. The summed E-state index contributed by atoms with van der Waals surface area (Å²) in [6.07, 6.45) is 2.98. The van der Waals surface area contributed by atoms with E-state index in [-0.39, 0.29) is 36.3 Å². The van der Waals surface area contributed by atoms with Crippen LogP contribution in [0.2, 0.25) is 0 Å². The number of fused-ring (bicyclic) bond motifs is 1. The van der Waals surface area contributed by atoms with Crippen molar-refractivity contribution in [3.63, 3.8) is 0 Å². The maximum Gasteiger partial charge on any atom is 0.251 e. The van der Waals surface area contributed by atoms with Crippen molar-refractivity contribution < 1.29 is 19.1 Å². The summed E-state index contributed by atoms with van der Waals surface area (Å²) in [5, 5.41) is 2.69. The van der Waals surface area contributed by atoms with Gasteiger partial charge in [0.1, 0.15) is 0 Å². The first-order chi connectivity index (χ1) is 13.6. The molecule has 2 aliphatic rings. The van der Waals surface area contributed by atoms with Gasteiger partial charge in [-0.2, -0.15) is 0 Å². The molecule has 7 nitrogen and oxygen atoms in total. The molecule has 0 spiro atoms. The van der Waals surface area contributed by atoms with E-state index in [0.29, 0.717) is 31.7 Å². The zero-order chi connectivity index (χ0) is 19.9. The van der Waals surface area contributed by atoms with Crippen LogP contribution in [0.5, 0.6) is 0 Å². The molecule has 0 unspecified atom stereocenters. The molecule has 3 amide bonds. The van der Waals surface area contributed by atoms with Gasteiger partial charge in [0.15, 0.2) is 0 Å². The number of hydrogen-bond donors (Lipinski definition) is 1. The van der Waals surface area contributed by atoms with E-state index in [1.165, 1.54) is 0 Å². The Hall–Kier alpha value is -2.41. The minimum absolute atomic E-state index is 0.0456. The Labute approximate surface area is 166 Å². The molecule has 1 aromatic carbocycles. The molecule has 152 valence electrons. The van der Waals surface area contributed by atoms with Crippen LogP contribution < -0.4 is 5.32 Å². The maximum atomic E-state index is 12.6. The van der Waals surface area contributed by atoms with Gasteiger partial charge in [0, 0.05) is 38.3 Å². The normalized spacial score (nSPS) is 21.1. The third-order valence-electron chi connectivity index (χ3n) is 5.41. The summed E-state index contributed by atoms with van der Waals surface area (Å²) >= 11 is 0. The van der Waals surface area contributed by atoms with E-state index in [9.17, 15) is 14.4 Å². The van der Waals surface area contributed by atoms with Crippen LogP contribution in [0.15, 0.2) is 30.3 Å². The number of nitrogens with zero attached hydrogens (tertiary/aromatic N) is 2. The molecule has 28 heavy (non-hydrogen) atoms. The van der Waals surface area contributed by atoms with E-state index in [1.54, 1.807) is 29.2 Å². The van der Waals surface area contributed by atoms with Crippen molar-refractivity contribution in [1.29, 1.82) is 0 Å². The molecule has 0 radical (unpaired) electrons. The Morgan fingerprint density at radius 3 is 2.71 bits per heavy atom. The highest BCUT2D eigenvalue weighted by Gasteiger charge is 2.47.